The molecule has 6 heteroatoms. The van der Waals surface area contributed by atoms with Crippen molar-refractivity contribution in [2.24, 2.45) is 0 Å². The van der Waals surface area contributed by atoms with Crippen LogP contribution in [0.25, 0.3) is 0 Å². The lowest BCUT2D eigenvalue weighted by molar-refractivity contribution is 0.415. The number of anilines is 4. The van der Waals surface area contributed by atoms with Gasteiger partial charge >= 0.3 is 0 Å². The van der Waals surface area contributed by atoms with Gasteiger partial charge in [-0.1, -0.05) is 25.1 Å². The number of hydrogen-bond acceptors (Lipinski definition) is 6. The first-order valence-corrected chi connectivity index (χ1v) is 8.16. The van der Waals surface area contributed by atoms with E-state index in [4.69, 9.17) is 4.74 Å². The van der Waals surface area contributed by atoms with Crippen molar-refractivity contribution < 1.29 is 4.74 Å². The molecule has 6 nitrogen and oxygen atoms in total. The number of nitrogens with zero attached hydrogens (tertiary/aromatic N) is 3. The Morgan fingerprint density at radius 3 is 2.56 bits per heavy atom. The van der Waals surface area contributed by atoms with E-state index in [9.17, 15) is 0 Å². The van der Waals surface area contributed by atoms with E-state index in [2.05, 4.69) is 57.9 Å². The minimum Gasteiger partial charge on any atom is -0.497 e. The number of para-hydroxylation sites is 1. The second kappa shape index (κ2) is 7.61. The lowest BCUT2D eigenvalue weighted by atomic mass is 10.1. The second-order valence-corrected chi connectivity index (χ2v) is 5.61. The van der Waals surface area contributed by atoms with Gasteiger partial charge in [0.25, 0.3) is 0 Å². The van der Waals surface area contributed by atoms with E-state index in [0.29, 0.717) is 11.8 Å². The Hall–Kier alpha value is -3.15. The summed E-state index contributed by atoms with van der Waals surface area (Å²) in [4.78, 5) is 4.50. The van der Waals surface area contributed by atoms with Crippen molar-refractivity contribution in [3.05, 3.63) is 59.8 Å². The van der Waals surface area contributed by atoms with Crippen LogP contribution >= 0.6 is 0 Å². The molecule has 0 saturated carbocycles. The smallest absolute Gasteiger partial charge is 0.249 e. The molecule has 2 aromatic carbocycles. The number of benzene rings is 2. The van der Waals surface area contributed by atoms with Crippen LogP contribution in [0.15, 0.2) is 48.7 Å². The van der Waals surface area contributed by atoms with Crippen LogP contribution in [0.2, 0.25) is 0 Å². The zero-order valence-electron chi connectivity index (χ0n) is 14.6. The number of hydrogen-bond donors (Lipinski definition) is 2. The van der Waals surface area contributed by atoms with Gasteiger partial charge in [0.2, 0.25) is 5.95 Å². The number of aryl methyl sites for hydroxylation is 2. The molecule has 2 N–H and O–H groups in total. The van der Waals surface area contributed by atoms with Crippen molar-refractivity contribution in [1.82, 2.24) is 15.2 Å². The first kappa shape index (κ1) is 16.7. The van der Waals surface area contributed by atoms with Crippen molar-refractivity contribution in [2.75, 3.05) is 17.7 Å². The third-order valence-electron chi connectivity index (χ3n) is 3.90. The molecule has 0 bridgehead atoms. The number of aromatic nitrogens is 3. The van der Waals surface area contributed by atoms with E-state index in [1.165, 1.54) is 5.56 Å². The summed E-state index contributed by atoms with van der Waals surface area (Å²) in [7, 11) is 1.64. The number of nitrogens with one attached hydrogen (secondary N) is 2. The quantitative estimate of drug-likeness (QED) is 0.702. The molecule has 128 valence electrons. The zero-order valence-corrected chi connectivity index (χ0v) is 14.6. The summed E-state index contributed by atoms with van der Waals surface area (Å²) >= 11 is 0. The van der Waals surface area contributed by atoms with Crippen molar-refractivity contribution in [1.29, 1.82) is 0 Å². The highest BCUT2D eigenvalue weighted by Gasteiger charge is 2.07. The maximum absolute atomic E-state index is 5.16. The van der Waals surface area contributed by atoms with Gasteiger partial charge in [-0.25, -0.2) is 0 Å². The predicted octanol–water partition coefficient (Wildman–Crippen LogP) is 4.24. The third-order valence-corrected chi connectivity index (χ3v) is 3.90. The number of methoxy groups -OCH3 is 1. The summed E-state index contributed by atoms with van der Waals surface area (Å²) in [5.74, 6) is 1.89. The average Bonchev–Trinajstić information content (AvgIpc) is 2.64. The lowest BCUT2D eigenvalue weighted by Gasteiger charge is -2.13. The Morgan fingerprint density at radius 2 is 1.84 bits per heavy atom. The van der Waals surface area contributed by atoms with E-state index >= 15 is 0 Å². The van der Waals surface area contributed by atoms with Crippen LogP contribution in [-0.4, -0.2) is 22.3 Å². The third kappa shape index (κ3) is 4.03. The molecule has 0 unspecified atom stereocenters. The summed E-state index contributed by atoms with van der Waals surface area (Å²) in [6.45, 7) is 4.19. The van der Waals surface area contributed by atoms with Crippen LogP contribution in [-0.2, 0) is 6.42 Å². The van der Waals surface area contributed by atoms with E-state index in [1.54, 1.807) is 13.3 Å². The molecule has 25 heavy (non-hydrogen) atoms. The predicted molar refractivity (Wildman–Crippen MR) is 99.9 cm³/mol. The lowest BCUT2D eigenvalue weighted by Crippen LogP contribution is -2.05. The molecule has 0 amide bonds. The van der Waals surface area contributed by atoms with Gasteiger partial charge in [0.05, 0.1) is 13.3 Å². The highest BCUT2D eigenvalue weighted by molar-refractivity contribution is 5.64. The summed E-state index contributed by atoms with van der Waals surface area (Å²) in [5, 5.41) is 14.6. The Balaban J connectivity index is 1.80. The van der Waals surface area contributed by atoms with Gasteiger partial charge in [0.15, 0.2) is 5.82 Å². The molecule has 0 aliphatic carbocycles. The highest BCUT2D eigenvalue weighted by Crippen LogP contribution is 2.24. The molecule has 0 radical (unpaired) electrons. The standard InChI is InChI=1S/C19H21N5O/c1-4-14-7-5-6-13(2)18(14)23-19-22-17(12-20-24-19)21-15-8-10-16(25-3)11-9-15/h5-12H,4H2,1-3H3,(H2,21,22,23,24). The molecule has 0 atom stereocenters. The van der Waals surface area contributed by atoms with E-state index in [0.717, 1.165) is 29.1 Å². The summed E-state index contributed by atoms with van der Waals surface area (Å²) in [6, 6.07) is 13.8. The van der Waals surface area contributed by atoms with E-state index < -0.39 is 0 Å². The highest BCUT2D eigenvalue weighted by atomic mass is 16.5. The van der Waals surface area contributed by atoms with Crippen LogP contribution in [0.3, 0.4) is 0 Å². The molecule has 0 aliphatic heterocycles. The molecule has 0 fully saturated rings. The van der Waals surface area contributed by atoms with Gasteiger partial charge in [-0.15, -0.1) is 5.10 Å². The maximum atomic E-state index is 5.16. The van der Waals surface area contributed by atoms with Crippen molar-refractivity contribution in [3.8, 4) is 5.75 Å². The Labute approximate surface area is 147 Å². The van der Waals surface area contributed by atoms with Gasteiger partial charge in [-0.2, -0.15) is 10.1 Å². The van der Waals surface area contributed by atoms with Gasteiger partial charge in [0, 0.05) is 11.4 Å². The number of ether oxygens (including phenoxy) is 1. The van der Waals surface area contributed by atoms with Crippen LogP contribution in [0.1, 0.15) is 18.1 Å². The van der Waals surface area contributed by atoms with E-state index in [-0.39, 0.29) is 0 Å². The molecular weight excluding hydrogens is 314 g/mol. The maximum Gasteiger partial charge on any atom is 0.249 e. The molecular formula is C19H21N5O. The second-order valence-electron chi connectivity index (χ2n) is 5.61. The Bertz CT molecular complexity index is 849. The van der Waals surface area contributed by atoms with Crippen LogP contribution < -0.4 is 15.4 Å². The van der Waals surface area contributed by atoms with Gasteiger partial charge < -0.3 is 15.4 Å². The van der Waals surface area contributed by atoms with Crippen molar-refractivity contribution in [2.45, 2.75) is 20.3 Å². The fraction of sp³-hybridized carbons (Fsp3) is 0.211. The van der Waals surface area contributed by atoms with Crippen molar-refractivity contribution in [3.63, 3.8) is 0 Å². The molecule has 3 rings (SSSR count). The Kier molecular flexibility index (Phi) is 5.09. The van der Waals surface area contributed by atoms with Gasteiger partial charge in [0.1, 0.15) is 5.75 Å². The van der Waals surface area contributed by atoms with E-state index in [1.807, 2.05) is 24.3 Å². The van der Waals surface area contributed by atoms with Crippen LogP contribution in [0.4, 0.5) is 23.1 Å². The molecule has 1 aromatic heterocycles. The Morgan fingerprint density at radius 1 is 1.04 bits per heavy atom. The van der Waals surface area contributed by atoms with Crippen molar-refractivity contribution >= 4 is 23.1 Å². The molecule has 0 spiro atoms. The average molecular weight is 335 g/mol. The summed E-state index contributed by atoms with van der Waals surface area (Å²) < 4.78 is 5.16. The summed E-state index contributed by atoms with van der Waals surface area (Å²) in [6.07, 6.45) is 2.52. The minimum absolute atomic E-state index is 0.461. The van der Waals surface area contributed by atoms with Crippen LogP contribution in [0.5, 0.6) is 5.75 Å². The largest absolute Gasteiger partial charge is 0.497 e. The zero-order chi connectivity index (χ0) is 17.6. The van der Waals surface area contributed by atoms with Gasteiger partial charge in [-0.05, 0) is 48.7 Å². The van der Waals surface area contributed by atoms with Gasteiger partial charge in [-0.3, -0.25) is 0 Å². The SMILES string of the molecule is CCc1cccc(C)c1Nc1nncc(Nc2ccc(OC)cc2)n1. The van der Waals surface area contributed by atoms with Crippen LogP contribution in [0, 0.1) is 6.92 Å². The normalized spacial score (nSPS) is 10.4. The fourth-order valence-corrected chi connectivity index (χ4v) is 2.55. The molecule has 0 saturated heterocycles. The summed E-state index contributed by atoms with van der Waals surface area (Å²) in [5.41, 5.74) is 4.30. The number of rotatable bonds is 6. The molecule has 1 heterocycles. The molecule has 3 aromatic rings. The first-order valence-electron chi connectivity index (χ1n) is 8.16. The monoisotopic (exact) mass is 335 g/mol. The topological polar surface area (TPSA) is 72.0 Å². The minimum atomic E-state index is 0.461. The first-order chi connectivity index (χ1) is 12.2. The molecule has 0 aliphatic rings. The fourth-order valence-electron chi connectivity index (χ4n) is 2.55.